The van der Waals surface area contributed by atoms with E-state index in [-0.39, 0.29) is 18.0 Å². The fourth-order valence-electron chi connectivity index (χ4n) is 4.28. The standard InChI is InChI=1S/C25H24ClN3O2S.ClH/c1-27-19-10-11-28(15-19)21-8-7-20(14-22(21)31-2)29-12-9-17-13-23(32-24(17)25(29)30)16-3-5-18(26)6-4-16;/h3-9,12-14,19,27H,10-11,15H2,1-2H3;1H/t19-;/m0./s1. The third kappa shape index (κ3) is 4.49. The zero-order valence-electron chi connectivity index (χ0n) is 18.4. The number of aromatic nitrogens is 1. The van der Waals surface area contributed by atoms with Crippen LogP contribution in [0.3, 0.4) is 0 Å². The van der Waals surface area contributed by atoms with Crippen molar-refractivity contribution in [2.24, 2.45) is 0 Å². The maximum Gasteiger partial charge on any atom is 0.273 e. The van der Waals surface area contributed by atoms with Crippen LogP contribution in [0.15, 0.2) is 65.6 Å². The van der Waals surface area contributed by atoms with E-state index in [0.29, 0.717) is 11.1 Å². The highest BCUT2D eigenvalue weighted by Gasteiger charge is 2.24. The fraction of sp³-hybridized carbons (Fsp3) is 0.240. The Labute approximate surface area is 208 Å². The molecular formula is C25H25Cl2N3O2S. The second kappa shape index (κ2) is 9.77. The van der Waals surface area contributed by atoms with Crippen LogP contribution in [0, 0.1) is 0 Å². The monoisotopic (exact) mass is 501 g/mol. The van der Waals surface area contributed by atoms with Crippen molar-refractivity contribution in [3.05, 3.63) is 76.2 Å². The molecule has 1 fully saturated rings. The molecule has 33 heavy (non-hydrogen) atoms. The van der Waals surface area contributed by atoms with Crippen molar-refractivity contribution in [1.29, 1.82) is 0 Å². The number of hydrogen-bond donors (Lipinski definition) is 1. The van der Waals surface area contributed by atoms with Crippen molar-refractivity contribution >= 4 is 51.1 Å². The van der Waals surface area contributed by atoms with Gasteiger partial charge in [-0.3, -0.25) is 9.36 Å². The Kier molecular flexibility index (Phi) is 7.00. The van der Waals surface area contributed by atoms with Crippen LogP contribution in [-0.2, 0) is 0 Å². The number of methoxy groups -OCH3 is 1. The largest absolute Gasteiger partial charge is 0.495 e. The predicted molar refractivity (Wildman–Crippen MR) is 141 cm³/mol. The molecule has 4 aromatic rings. The molecule has 2 aromatic heterocycles. The average Bonchev–Trinajstić information content (AvgIpc) is 3.47. The number of benzene rings is 2. The highest BCUT2D eigenvalue weighted by molar-refractivity contribution is 7.22. The van der Waals surface area contributed by atoms with Gasteiger partial charge in [0.15, 0.2) is 0 Å². The Balaban J connectivity index is 0.00000259. The number of halogens is 2. The molecule has 5 rings (SSSR count). The predicted octanol–water partition coefficient (Wildman–Crippen LogP) is 5.60. The summed E-state index contributed by atoms with van der Waals surface area (Å²) in [6.07, 6.45) is 2.94. The van der Waals surface area contributed by atoms with Gasteiger partial charge in [-0.05, 0) is 55.4 Å². The molecule has 0 unspecified atom stereocenters. The maximum atomic E-state index is 13.3. The number of fused-ring (bicyclic) bond motifs is 1. The van der Waals surface area contributed by atoms with Crippen LogP contribution in [-0.4, -0.2) is 37.9 Å². The molecule has 5 nitrogen and oxygen atoms in total. The van der Waals surface area contributed by atoms with Crippen molar-refractivity contribution < 1.29 is 4.74 Å². The molecule has 0 radical (unpaired) electrons. The SMILES string of the molecule is CN[C@H]1CCN(c2ccc(-n3ccc4cc(-c5ccc(Cl)cc5)sc4c3=O)cc2OC)C1.Cl. The van der Waals surface area contributed by atoms with Crippen LogP contribution in [0.25, 0.3) is 26.2 Å². The van der Waals surface area contributed by atoms with Crippen LogP contribution in [0.5, 0.6) is 5.75 Å². The smallest absolute Gasteiger partial charge is 0.273 e. The zero-order chi connectivity index (χ0) is 22.2. The summed E-state index contributed by atoms with van der Waals surface area (Å²) in [5.41, 5.74) is 2.88. The lowest BCUT2D eigenvalue weighted by molar-refractivity contribution is 0.414. The summed E-state index contributed by atoms with van der Waals surface area (Å²) in [4.78, 5) is 16.7. The molecule has 8 heteroatoms. The Morgan fingerprint density at radius 1 is 1.12 bits per heavy atom. The number of nitrogens with zero attached hydrogens (tertiary/aromatic N) is 2. The summed E-state index contributed by atoms with van der Waals surface area (Å²) >= 11 is 7.52. The van der Waals surface area contributed by atoms with E-state index >= 15 is 0 Å². The van der Waals surface area contributed by atoms with Gasteiger partial charge in [-0.1, -0.05) is 23.7 Å². The first-order valence-electron chi connectivity index (χ1n) is 10.6. The van der Waals surface area contributed by atoms with Gasteiger partial charge in [0, 0.05) is 46.7 Å². The fourth-order valence-corrected chi connectivity index (χ4v) is 5.50. The highest BCUT2D eigenvalue weighted by Crippen LogP contribution is 2.34. The number of hydrogen-bond acceptors (Lipinski definition) is 5. The van der Waals surface area contributed by atoms with E-state index in [0.717, 1.165) is 57.2 Å². The molecule has 0 spiro atoms. The Bertz CT molecular complexity index is 1330. The van der Waals surface area contributed by atoms with Gasteiger partial charge >= 0.3 is 0 Å². The van der Waals surface area contributed by atoms with Crippen molar-refractivity contribution in [3.8, 4) is 21.9 Å². The van der Waals surface area contributed by atoms with Crippen LogP contribution in [0.1, 0.15) is 6.42 Å². The third-order valence-corrected chi connectivity index (χ3v) is 7.52. The minimum absolute atomic E-state index is 0. The van der Waals surface area contributed by atoms with Crippen LogP contribution < -0.4 is 20.5 Å². The first-order chi connectivity index (χ1) is 15.6. The molecule has 3 heterocycles. The molecule has 0 aliphatic carbocycles. The first kappa shape index (κ1) is 23.6. The second-order valence-electron chi connectivity index (χ2n) is 7.97. The van der Waals surface area contributed by atoms with Gasteiger partial charge < -0.3 is 15.0 Å². The number of likely N-dealkylation sites (N-methyl/N-ethyl adjacent to an activating group) is 1. The molecule has 2 aromatic carbocycles. The lowest BCUT2D eigenvalue weighted by Crippen LogP contribution is -2.29. The number of pyridine rings is 1. The minimum Gasteiger partial charge on any atom is -0.495 e. The molecule has 1 aliphatic heterocycles. The topological polar surface area (TPSA) is 46.5 Å². The first-order valence-corrected chi connectivity index (χ1v) is 11.8. The molecule has 1 N–H and O–H groups in total. The minimum atomic E-state index is -0.0288. The Hall–Kier alpha value is -2.51. The molecule has 0 saturated carbocycles. The molecular weight excluding hydrogens is 477 g/mol. The lowest BCUT2D eigenvalue weighted by Gasteiger charge is -2.22. The van der Waals surface area contributed by atoms with Gasteiger partial charge in [0.2, 0.25) is 0 Å². The summed E-state index contributed by atoms with van der Waals surface area (Å²) < 4.78 is 8.13. The van der Waals surface area contributed by atoms with Crippen molar-refractivity contribution in [2.75, 3.05) is 32.1 Å². The van der Waals surface area contributed by atoms with E-state index in [4.69, 9.17) is 16.3 Å². The van der Waals surface area contributed by atoms with E-state index in [2.05, 4.69) is 22.3 Å². The second-order valence-corrected chi connectivity index (χ2v) is 9.46. The normalized spacial score (nSPS) is 15.6. The van der Waals surface area contributed by atoms with Gasteiger partial charge in [-0.25, -0.2) is 0 Å². The molecule has 0 bridgehead atoms. The number of rotatable bonds is 5. The van der Waals surface area contributed by atoms with Gasteiger partial charge in [0.1, 0.15) is 10.4 Å². The molecule has 1 aliphatic rings. The Morgan fingerprint density at radius 2 is 1.91 bits per heavy atom. The zero-order valence-corrected chi connectivity index (χ0v) is 20.8. The van der Waals surface area contributed by atoms with Gasteiger partial charge in [0.05, 0.1) is 18.5 Å². The van der Waals surface area contributed by atoms with Gasteiger partial charge in [0.25, 0.3) is 5.56 Å². The molecule has 0 amide bonds. The molecule has 172 valence electrons. The summed E-state index contributed by atoms with van der Waals surface area (Å²) in [6, 6.07) is 18.2. The van der Waals surface area contributed by atoms with Gasteiger partial charge in [-0.2, -0.15) is 0 Å². The van der Waals surface area contributed by atoms with E-state index < -0.39 is 0 Å². The highest BCUT2D eigenvalue weighted by atomic mass is 35.5. The van der Waals surface area contributed by atoms with E-state index in [9.17, 15) is 4.79 Å². The van der Waals surface area contributed by atoms with Crippen molar-refractivity contribution in [1.82, 2.24) is 9.88 Å². The van der Waals surface area contributed by atoms with E-state index in [1.807, 2.05) is 55.7 Å². The maximum absolute atomic E-state index is 13.3. The van der Waals surface area contributed by atoms with Crippen molar-refractivity contribution in [3.63, 3.8) is 0 Å². The third-order valence-electron chi connectivity index (χ3n) is 6.08. The average molecular weight is 502 g/mol. The van der Waals surface area contributed by atoms with Crippen LogP contribution in [0.4, 0.5) is 5.69 Å². The summed E-state index contributed by atoms with van der Waals surface area (Å²) in [5.74, 6) is 0.777. The van der Waals surface area contributed by atoms with E-state index in [1.54, 1.807) is 11.7 Å². The molecule has 1 saturated heterocycles. The number of nitrogens with one attached hydrogen (secondary N) is 1. The number of anilines is 1. The Morgan fingerprint density at radius 3 is 2.61 bits per heavy atom. The quantitative estimate of drug-likeness (QED) is 0.386. The van der Waals surface area contributed by atoms with Gasteiger partial charge in [-0.15, -0.1) is 23.7 Å². The number of thiophene rings is 1. The summed E-state index contributed by atoms with van der Waals surface area (Å²) in [6.45, 7) is 1.93. The van der Waals surface area contributed by atoms with E-state index in [1.165, 1.54) is 11.3 Å². The van der Waals surface area contributed by atoms with Crippen molar-refractivity contribution in [2.45, 2.75) is 12.5 Å². The van der Waals surface area contributed by atoms with Crippen LogP contribution >= 0.6 is 35.3 Å². The molecule has 1 atom stereocenters. The summed E-state index contributed by atoms with van der Waals surface area (Å²) in [7, 11) is 3.68. The number of ether oxygens (including phenoxy) is 1. The van der Waals surface area contributed by atoms with Crippen LogP contribution in [0.2, 0.25) is 5.02 Å². The lowest BCUT2D eigenvalue weighted by atomic mass is 10.2. The summed E-state index contributed by atoms with van der Waals surface area (Å²) in [5, 5.41) is 4.99.